The number of alkyl halides is 1. The number of halogens is 2. The summed E-state index contributed by atoms with van der Waals surface area (Å²) in [5, 5.41) is 12.4. The summed E-state index contributed by atoms with van der Waals surface area (Å²) < 4.78 is 11.8. The molecule has 0 spiro atoms. The van der Waals surface area contributed by atoms with Crippen molar-refractivity contribution in [3.8, 4) is 17.6 Å². The molecule has 9 rings (SSSR count). The normalized spacial score (nSPS) is 20.0. The summed E-state index contributed by atoms with van der Waals surface area (Å²) in [6.07, 6.45) is 6.61. The van der Waals surface area contributed by atoms with Crippen LogP contribution in [-0.4, -0.2) is 132 Å². The first kappa shape index (κ1) is 48.2. The Labute approximate surface area is 413 Å². The van der Waals surface area contributed by atoms with Gasteiger partial charge in [-0.2, -0.15) is 5.26 Å². The number of hydrogen-bond acceptors (Lipinski definition) is 13. The molecule has 4 saturated heterocycles. The maximum atomic E-state index is 13.4. The van der Waals surface area contributed by atoms with Crippen LogP contribution in [-0.2, 0) is 21.6 Å². The molecule has 1 unspecified atom stereocenters. The fourth-order valence-corrected chi connectivity index (χ4v) is 10.8. The molecule has 362 valence electrons. The lowest BCUT2D eigenvalue weighted by Crippen LogP contribution is -2.54. The van der Waals surface area contributed by atoms with Gasteiger partial charge in [0.15, 0.2) is 5.75 Å². The number of imide groups is 2. The van der Waals surface area contributed by atoms with Gasteiger partial charge in [-0.15, -0.1) is 11.6 Å². The minimum absolute atomic E-state index is 0.101. The van der Waals surface area contributed by atoms with Crippen LogP contribution in [0.4, 0.5) is 11.6 Å². The molecule has 17 heteroatoms. The summed E-state index contributed by atoms with van der Waals surface area (Å²) in [5.74, 6) is 1.50. The van der Waals surface area contributed by atoms with E-state index in [4.69, 9.17) is 37.7 Å². The zero-order valence-corrected chi connectivity index (χ0v) is 40.8. The van der Waals surface area contributed by atoms with Crippen LogP contribution < -0.4 is 24.6 Å². The zero-order valence-electron chi connectivity index (χ0n) is 39.3. The Balaban J connectivity index is 0.683. The van der Waals surface area contributed by atoms with Crippen molar-refractivity contribution in [3.63, 3.8) is 0 Å². The third kappa shape index (κ3) is 10.7. The van der Waals surface area contributed by atoms with Crippen molar-refractivity contribution in [1.82, 2.24) is 30.0 Å². The van der Waals surface area contributed by atoms with Crippen molar-refractivity contribution in [1.29, 1.82) is 5.26 Å². The highest BCUT2D eigenvalue weighted by molar-refractivity contribution is 6.32. The van der Waals surface area contributed by atoms with Crippen LogP contribution in [0.2, 0.25) is 5.02 Å². The molecule has 69 heavy (non-hydrogen) atoms. The lowest BCUT2D eigenvalue weighted by molar-refractivity contribution is -0.136. The third-order valence-corrected chi connectivity index (χ3v) is 15.1. The predicted octanol–water partition coefficient (Wildman–Crippen LogP) is 6.68. The Morgan fingerprint density at radius 3 is 2.13 bits per heavy atom. The quantitative estimate of drug-likeness (QED) is 0.0993. The number of hydrogen-bond donors (Lipinski definition) is 1. The van der Waals surface area contributed by atoms with Crippen LogP contribution in [0.15, 0.2) is 66.9 Å². The maximum absolute atomic E-state index is 13.4. The van der Waals surface area contributed by atoms with Crippen molar-refractivity contribution < 1.29 is 28.7 Å². The SMILES string of the molecule is CC(C)(c1ccc(OCc2ccnc(N3CCN(CC4CCN(CC5CCN(c6ccc7c(c6)C(=O)N(C6CCC(=O)NC6=O)C7=O)CC5)CC4)CC3)n2)cc1)c1cc(Cl)c(OCCCl)c(C#N)c1. The van der Waals surface area contributed by atoms with Gasteiger partial charge in [-0.25, -0.2) is 9.97 Å². The van der Waals surface area contributed by atoms with Gasteiger partial charge in [-0.1, -0.05) is 37.6 Å². The van der Waals surface area contributed by atoms with Crippen LogP contribution >= 0.6 is 23.2 Å². The summed E-state index contributed by atoms with van der Waals surface area (Å²) in [7, 11) is 0. The number of carbonyl (C=O) groups is 4. The molecule has 0 bridgehead atoms. The Kier molecular flexibility index (Phi) is 14.7. The Morgan fingerprint density at radius 1 is 0.768 bits per heavy atom. The van der Waals surface area contributed by atoms with E-state index in [9.17, 15) is 24.4 Å². The topological polar surface area (TPSA) is 165 Å². The number of likely N-dealkylation sites (tertiary alicyclic amines) is 1. The number of carbonyl (C=O) groups excluding carboxylic acids is 4. The number of ether oxygens (including phenoxy) is 2. The number of nitriles is 1. The summed E-state index contributed by atoms with van der Waals surface area (Å²) in [5.41, 5.74) is 4.26. The highest BCUT2D eigenvalue weighted by atomic mass is 35.5. The molecule has 1 aromatic heterocycles. The molecule has 4 fully saturated rings. The first-order valence-electron chi connectivity index (χ1n) is 24.2. The fourth-order valence-electron chi connectivity index (χ4n) is 10.5. The van der Waals surface area contributed by atoms with E-state index in [1.54, 1.807) is 12.1 Å². The molecule has 0 aliphatic carbocycles. The van der Waals surface area contributed by atoms with Crippen LogP contribution in [0.1, 0.15) is 95.5 Å². The lowest BCUT2D eigenvalue weighted by atomic mass is 9.77. The predicted molar refractivity (Wildman–Crippen MR) is 263 cm³/mol. The van der Waals surface area contributed by atoms with E-state index in [1.165, 1.54) is 12.8 Å². The van der Waals surface area contributed by atoms with Crippen molar-refractivity contribution in [3.05, 3.63) is 105 Å². The molecule has 4 aromatic rings. The van der Waals surface area contributed by atoms with Gasteiger partial charge in [0.05, 0.1) is 33.3 Å². The molecular formula is C52H59Cl2N9O6. The van der Waals surface area contributed by atoms with Crippen molar-refractivity contribution >= 4 is 58.5 Å². The van der Waals surface area contributed by atoms with Gasteiger partial charge in [-0.3, -0.25) is 34.3 Å². The van der Waals surface area contributed by atoms with Crippen LogP contribution in [0, 0.1) is 23.2 Å². The van der Waals surface area contributed by atoms with E-state index in [0.29, 0.717) is 51.8 Å². The molecule has 3 aromatic carbocycles. The minimum atomic E-state index is -0.962. The van der Waals surface area contributed by atoms with E-state index < -0.39 is 29.2 Å². The zero-order chi connectivity index (χ0) is 48.2. The molecule has 15 nitrogen and oxygen atoms in total. The van der Waals surface area contributed by atoms with Crippen LogP contribution in [0.5, 0.6) is 11.5 Å². The number of nitrogens with zero attached hydrogens (tertiary/aromatic N) is 8. The van der Waals surface area contributed by atoms with Gasteiger partial charge in [0.2, 0.25) is 17.8 Å². The Hall–Kier alpha value is -5.79. The number of benzene rings is 3. The second kappa shape index (κ2) is 21.1. The molecule has 5 aliphatic heterocycles. The second-order valence-corrected chi connectivity index (χ2v) is 20.2. The highest BCUT2D eigenvalue weighted by Gasteiger charge is 2.45. The standard InChI is InChI=1S/C52H59Cl2N9O6/c1-52(2,38-27-36(30-55)47(44(54)28-38)68-26-16-53)37-3-6-41(7-4-37)69-33-39-11-17-56-51(57-39)62-24-22-60(23-25-62)32-34-12-18-59(19-13-34)31-35-14-20-61(21-15-35)40-5-8-42-43(29-40)50(67)63(49(42)66)45-9-10-46(64)58-48(45)65/h3-8,11,17,27-29,34-35,45H,9-10,12-16,18-26,31-33H2,1-2H3,(H,58,64,65). The maximum Gasteiger partial charge on any atom is 0.262 e. The first-order chi connectivity index (χ1) is 33.4. The molecular weight excluding hydrogens is 918 g/mol. The number of rotatable bonds is 15. The van der Waals surface area contributed by atoms with Gasteiger partial charge in [-0.05, 0) is 117 Å². The number of aromatic nitrogens is 2. The molecule has 0 saturated carbocycles. The average Bonchev–Trinajstić information content (AvgIpc) is 3.61. The van der Waals surface area contributed by atoms with Gasteiger partial charge in [0, 0.05) is 76.1 Å². The molecule has 4 amide bonds. The summed E-state index contributed by atoms with van der Waals surface area (Å²) in [4.78, 5) is 71.0. The van der Waals surface area contributed by atoms with E-state index >= 15 is 0 Å². The monoisotopic (exact) mass is 975 g/mol. The molecule has 5 aliphatic rings. The molecule has 1 atom stereocenters. The second-order valence-electron chi connectivity index (χ2n) is 19.4. The van der Waals surface area contributed by atoms with Crippen molar-refractivity contribution in [2.24, 2.45) is 11.8 Å². The summed E-state index contributed by atoms with van der Waals surface area (Å²) in [6, 6.07) is 20.2. The summed E-state index contributed by atoms with van der Waals surface area (Å²) in [6.45, 7) is 14.7. The number of fused-ring (bicyclic) bond motifs is 1. The molecule has 6 heterocycles. The van der Waals surface area contributed by atoms with E-state index in [2.05, 4.69) is 49.8 Å². The number of piperidine rings is 3. The van der Waals surface area contributed by atoms with Gasteiger partial charge in [0.1, 0.15) is 31.1 Å². The lowest BCUT2D eigenvalue weighted by Gasteiger charge is -2.40. The number of nitrogens with one attached hydrogen (secondary N) is 1. The van der Waals surface area contributed by atoms with Crippen LogP contribution in [0.25, 0.3) is 0 Å². The fraction of sp³-hybridized carbons (Fsp3) is 0.481. The van der Waals surface area contributed by atoms with E-state index in [0.717, 1.165) is 117 Å². The number of amides is 4. The summed E-state index contributed by atoms with van der Waals surface area (Å²) >= 11 is 12.4. The minimum Gasteiger partial charge on any atom is -0.489 e. The van der Waals surface area contributed by atoms with E-state index in [1.807, 2.05) is 54.7 Å². The van der Waals surface area contributed by atoms with Crippen molar-refractivity contribution in [2.75, 3.05) is 87.7 Å². The smallest absolute Gasteiger partial charge is 0.262 e. The first-order valence-corrected chi connectivity index (χ1v) is 25.1. The number of anilines is 2. The Morgan fingerprint density at radius 2 is 1.45 bits per heavy atom. The van der Waals surface area contributed by atoms with Crippen LogP contribution in [0.3, 0.4) is 0 Å². The third-order valence-electron chi connectivity index (χ3n) is 14.7. The van der Waals surface area contributed by atoms with Gasteiger partial charge < -0.3 is 24.2 Å². The molecule has 1 N–H and O–H groups in total. The Bertz CT molecular complexity index is 2600. The van der Waals surface area contributed by atoms with E-state index in [-0.39, 0.29) is 25.4 Å². The number of piperazine rings is 1. The molecule has 0 radical (unpaired) electrons. The highest BCUT2D eigenvalue weighted by Crippen LogP contribution is 2.39. The largest absolute Gasteiger partial charge is 0.489 e. The van der Waals surface area contributed by atoms with Crippen molar-refractivity contribution in [2.45, 2.75) is 70.4 Å². The van der Waals surface area contributed by atoms with Gasteiger partial charge >= 0.3 is 0 Å². The average molecular weight is 977 g/mol. The van der Waals surface area contributed by atoms with Gasteiger partial charge in [0.25, 0.3) is 11.8 Å².